The minimum absolute atomic E-state index is 0.258. The van der Waals surface area contributed by atoms with Crippen LogP contribution in [0.15, 0.2) is 0 Å². The highest BCUT2D eigenvalue weighted by Crippen LogP contribution is 2.25. The van der Waals surface area contributed by atoms with Crippen LogP contribution in [-0.2, 0) is 28.8 Å². The first-order valence-electron chi connectivity index (χ1n) is 11.7. The first-order chi connectivity index (χ1) is 17.0. The number of likely N-dealkylation sites (tertiary alicyclic amines) is 2. The van der Waals surface area contributed by atoms with Gasteiger partial charge < -0.3 is 46.8 Å². The van der Waals surface area contributed by atoms with Gasteiger partial charge in [0.1, 0.15) is 30.2 Å². The Bertz CT molecular complexity index is 869. The number of aliphatic carboxylic acids is 1. The molecule has 0 radical (unpaired) electrons. The van der Waals surface area contributed by atoms with Crippen molar-refractivity contribution < 1.29 is 44.1 Å². The summed E-state index contributed by atoms with van der Waals surface area (Å²) >= 11 is 0. The third-order valence-electron chi connectivity index (χ3n) is 6.16. The lowest BCUT2D eigenvalue weighted by Crippen LogP contribution is -2.57. The maximum absolute atomic E-state index is 13.3. The second kappa shape index (κ2) is 13.1. The number of carbonyl (C=O) groups is 6. The molecule has 0 bridgehead atoms. The Labute approximate surface area is 207 Å². The van der Waals surface area contributed by atoms with E-state index in [1.54, 1.807) is 0 Å². The minimum atomic E-state index is -1.49. The van der Waals surface area contributed by atoms with E-state index < -0.39 is 85.5 Å². The summed E-state index contributed by atoms with van der Waals surface area (Å²) in [6.45, 7) is 0.126. The second-order valence-corrected chi connectivity index (χ2v) is 8.76. The molecule has 15 nitrogen and oxygen atoms in total. The molecule has 202 valence electrons. The molecule has 8 N–H and O–H groups in total. The van der Waals surface area contributed by atoms with Crippen LogP contribution in [0.4, 0.5) is 0 Å². The monoisotopic (exact) mass is 514 g/mol. The van der Waals surface area contributed by atoms with Crippen molar-refractivity contribution in [1.29, 1.82) is 0 Å². The summed E-state index contributed by atoms with van der Waals surface area (Å²) in [4.78, 5) is 76.4. The van der Waals surface area contributed by atoms with E-state index in [1.807, 2.05) is 0 Å². The molecular formula is C21H34N6O9. The van der Waals surface area contributed by atoms with Crippen LogP contribution in [0, 0.1) is 0 Å². The molecule has 0 unspecified atom stereocenters. The number of carbonyl (C=O) groups excluding carboxylic acids is 5. The molecule has 0 aliphatic carbocycles. The highest BCUT2D eigenvalue weighted by Gasteiger charge is 2.43. The van der Waals surface area contributed by atoms with Gasteiger partial charge in [0, 0.05) is 13.1 Å². The molecule has 2 heterocycles. The second-order valence-electron chi connectivity index (χ2n) is 8.76. The van der Waals surface area contributed by atoms with Gasteiger partial charge in [0.05, 0.1) is 19.8 Å². The van der Waals surface area contributed by atoms with Crippen LogP contribution in [0.25, 0.3) is 0 Å². The van der Waals surface area contributed by atoms with Gasteiger partial charge in [-0.1, -0.05) is 0 Å². The van der Waals surface area contributed by atoms with E-state index in [9.17, 15) is 28.8 Å². The Balaban J connectivity index is 1.98. The van der Waals surface area contributed by atoms with Crippen molar-refractivity contribution >= 4 is 35.5 Å². The zero-order valence-corrected chi connectivity index (χ0v) is 20.0. The molecule has 2 aliphatic rings. The SMILES string of the molecule is C[C@H](NC(=O)CNC(=O)[C@@H](N)CO)C(=O)N1CCC[C@H]1C(=O)N1CCC[C@H]1C(=O)N[C@@H](CO)C(=O)O. The van der Waals surface area contributed by atoms with Gasteiger partial charge in [0.15, 0.2) is 0 Å². The molecule has 0 aromatic rings. The molecule has 0 aromatic carbocycles. The lowest BCUT2D eigenvalue weighted by Gasteiger charge is -2.32. The average Bonchev–Trinajstić information content (AvgIpc) is 3.54. The molecule has 0 spiro atoms. The first-order valence-corrected chi connectivity index (χ1v) is 11.7. The van der Waals surface area contributed by atoms with Crippen molar-refractivity contribution in [3.8, 4) is 0 Å². The average molecular weight is 515 g/mol. The molecule has 5 atom stereocenters. The summed E-state index contributed by atoms with van der Waals surface area (Å²) in [5, 5.41) is 34.0. The Hall–Kier alpha value is -3.30. The number of nitrogens with one attached hydrogen (secondary N) is 3. The maximum Gasteiger partial charge on any atom is 0.328 e. The number of rotatable bonds is 11. The first kappa shape index (κ1) is 28.9. The summed E-state index contributed by atoms with van der Waals surface area (Å²) in [5.41, 5.74) is 5.35. The lowest BCUT2D eigenvalue weighted by molar-refractivity contribution is -0.148. The smallest absolute Gasteiger partial charge is 0.328 e. The van der Waals surface area contributed by atoms with E-state index in [0.29, 0.717) is 25.7 Å². The molecule has 2 aliphatic heterocycles. The number of amides is 5. The number of carboxylic acid groups (broad SMARTS) is 1. The molecule has 0 saturated carbocycles. The fourth-order valence-corrected chi connectivity index (χ4v) is 4.22. The van der Waals surface area contributed by atoms with E-state index in [4.69, 9.17) is 21.1 Å². The third-order valence-corrected chi connectivity index (χ3v) is 6.16. The fourth-order valence-electron chi connectivity index (χ4n) is 4.22. The molecule has 2 rings (SSSR count). The number of nitrogens with zero attached hydrogens (tertiary/aromatic N) is 2. The van der Waals surface area contributed by atoms with Crippen LogP contribution in [0.5, 0.6) is 0 Å². The summed E-state index contributed by atoms with van der Waals surface area (Å²) in [6.07, 6.45) is 1.72. The number of aliphatic hydroxyl groups is 2. The van der Waals surface area contributed by atoms with Crippen LogP contribution < -0.4 is 21.7 Å². The van der Waals surface area contributed by atoms with Gasteiger partial charge in [-0.2, -0.15) is 0 Å². The fraction of sp³-hybridized carbons (Fsp3) is 0.714. The van der Waals surface area contributed by atoms with Gasteiger partial charge in [-0.05, 0) is 32.6 Å². The Morgan fingerprint density at radius 2 is 1.56 bits per heavy atom. The normalized spacial score (nSPS) is 21.9. The van der Waals surface area contributed by atoms with Crippen LogP contribution in [-0.4, -0.2) is 124 Å². The van der Waals surface area contributed by atoms with Crippen molar-refractivity contribution in [3.63, 3.8) is 0 Å². The number of aliphatic hydroxyl groups excluding tert-OH is 2. The summed E-state index contributed by atoms with van der Waals surface area (Å²) in [5.74, 6) is -4.44. The Morgan fingerprint density at radius 3 is 2.14 bits per heavy atom. The van der Waals surface area contributed by atoms with E-state index >= 15 is 0 Å². The lowest BCUT2D eigenvalue weighted by atomic mass is 10.1. The largest absolute Gasteiger partial charge is 0.480 e. The molecule has 2 fully saturated rings. The maximum atomic E-state index is 13.3. The van der Waals surface area contributed by atoms with Crippen LogP contribution >= 0.6 is 0 Å². The van der Waals surface area contributed by atoms with E-state index in [-0.39, 0.29) is 13.1 Å². The third kappa shape index (κ3) is 7.11. The van der Waals surface area contributed by atoms with E-state index in [2.05, 4.69) is 16.0 Å². The zero-order valence-electron chi connectivity index (χ0n) is 20.0. The molecule has 5 amide bonds. The highest BCUT2D eigenvalue weighted by atomic mass is 16.4. The molecule has 36 heavy (non-hydrogen) atoms. The molecular weight excluding hydrogens is 480 g/mol. The van der Waals surface area contributed by atoms with Gasteiger partial charge in [0.25, 0.3) is 0 Å². The predicted molar refractivity (Wildman–Crippen MR) is 122 cm³/mol. The molecule has 2 saturated heterocycles. The standard InChI is InChI=1S/C21H34N6O9/c1-11(24-16(30)8-23-17(31)12(22)9-28)19(33)27-7-3-5-15(27)20(34)26-6-2-4-14(26)18(32)25-13(10-29)21(35)36/h11-15,28-29H,2-10,22H2,1H3,(H,23,31)(H,24,30)(H,25,32)(H,35,36)/t11-,12-,13-,14-,15-/m0/s1. The van der Waals surface area contributed by atoms with Crippen LogP contribution in [0.1, 0.15) is 32.6 Å². The van der Waals surface area contributed by atoms with Gasteiger partial charge in [-0.25, -0.2) is 4.79 Å². The van der Waals surface area contributed by atoms with E-state index in [1.165, 1.54) is 16.7 Å². The van der Waals surface area contributed by atoms with Crippen molar-refractivity contribution in [3.05, 3.63) is 0 Å². The van der Waals surface area contributed by atoms with Crippen molar-refractivity contribution in [2.24, 2.45) is 5.73 Å². The Morgan fingerprint density at radius 1 is 0.944 bits per heavy atom. The minimum Gasteiger partial charge on any atom is -0.480 e. The molecule has 15 heteroatoms. The van der Waals surface area contributed by atoms with Crippen molar-refractivity contribution in [2.45, 2.75) is 62.8 Å². The van der Waals surface area contributed by atoms with Crippen LogP contribution in [0.3, 0.4) is 0 Å². The quantitative estimate of drug-likeness (QED) is 0.140. The predicted octanol–water partition coefficient (Wildman–Crippen LogP) is -4.53. The number of hydrogen-bond acceptors (Lipinski definition) is 9. The summed E-state index contributed by atoms with van der Waals surface area (Å²) < 4.78 is 0. The van der Waals surface area contributed by atoms with E-state index in [0.717, 1.165) is 0 Å². The van der Waals surface area contributed by atoms with Crippen molar-refractivity contribution in [1.82, 2.24) is 25.8 Å². The van der Waals surface area contributed by atoms with Crippen LogP contribution in [0.2, 0.25) is 0 Å². The number of hydrogen-bond donors (Lipinski definition) is 7. The van der Waals surface area contributed by atoms with Crippen molar-refractivity contribution in [2.75, 3.05) is 32.8 Å². The Kier molecular flexibility index (Phi) is 10.6. The van der Waals surface area contributed by atoms with Gasteiger partial charge in [-0.15, -0.1) is 0 Å². The zero-order chi connectivity index (χ0) is 27.0. The number of nitrogens with two attached hydrogens (primary N) is 1. The van der Waals surface area contributed by atoms with Gasteiger partial charge in [0.2, 0.25) is 29.5 Å². The summed E-state index contributed by atoms with van der Waals surface area (Å²) in [7, 11) is 0. The number of carboxylic acids is 1. The topological polar surface area (TPSA) is 232 Å². The van der Waals surface area contributed by atoms with Gasteiger partial charge in [-0.3, -0.25) is 24.0 Å². The van der Waals surface area contributed by atoms with Gasteiger partial charge >= 0.3 is 5.97 Å². The summed E-state index contributed by atoms with van der Waals surface area (Å²) in [6, 6.07) is -5.44. The highest BCUT2D eigenvalue weighted by molar-refractivity contribution is 5.96. The molecule has 0 aromatic heterocycles.